The van der Waals surface area contributed by atoms with Crippen molar-refractivity contribution in [2.75, 3.05) is 5.32 Å². The first-order valence-electron chi connectivity index (χ1n) is 6.80. The first-order valence-corrected chi connectivity index (χ1v) is 7.68. The summed E-state index contributed by atoms with van der Waals surface area (Å²) in [5.41, 5.74) is 1.96. The molecule has 0 bridgehead atoms. The molecule has 2 aromatic rings. The predicted octanol–water partition coefficient (Wildman–Crippen LogP) is 3.31. The number of benzene rings is 1. The Morgan fingerprint density at radius 1 is 1.33 bits per heavy atom. The quantitative estimate of drug-likeness (QED) is 0.887. The van der Waals surface area contributed by atoms with Gasteiger partial charge in [0, 0.05) is 17.0 Å². The molecule has 1 aliphatic rings. The first kappa shape index (κ1) is 15.9. The second-order valence-corrected chi connectivity index (χ2v) is 5.91. The van der Waals surface area contributed by atoms with E-state index in [0.717, 1.165) is 11.3 Å². The highest BCUT2D eigenvalue weighted by Gasteiger charge is 2.25. The summed E-state index contributed by atoms with van der Waals surface area (Å²) in [6.45, 7) is 1.89. The van der Waals surface area contributed by atoms with Crippen LogP contribution in [0.2, 0.25) is 0 Å². The second-order valence-electron chi connectivity index (χ2n) is 5.06. The number of aromatic nitrogens is 1. The third-order valence-electron chi connectivity index (χ3n) is 3.26. The van der Waals surface area contributed by atoms with Crippen molar-refractivity contribution in [3.8, 4) is 11.3 Å². The van der Waals surface area contributed by atoms with Crippen LogP contribution in [0.15, 0.2) is 35.7 Å². The number of carbonyl (C=O) groups is 1. The summed E-state index contributed by atoms with van der Waals surface area (Å²) in [7, 11) is 0. The van der Waals surface area contributed by atoms with Gasteiger partial charge >= 0.3 is 0 Å². The smallest absolute Gasteiger partial charge is 0.243 e. The Hall–Kier alpha value is -1.43. The summed E-state index contributed by atoms with van der Waals surface area (Å²) in [5.74, 6) is -0.0224. The molecule has 112 valence electrons. The van der Waals surface area contributed by atoms with Gasteiger partial charge in [0.2, 0.25) is 5.91 Å². The summed E-state index contributed by atoms with van der Waals surface area (Å²) in [4.78, 5) is 16.5. The lowest BCUT2D eigenvalue weighted by atomic mass is 10.2. The minimum Gasteiger partial charge on any atom is -0.303 e. The van der Waals surface area contributed by atoms with E-state index in [1.165, 1.54) is 24.2 Å². The van der Waals surface area contributed by atoms with Gasteiger partial charge in [-0.1, -0.05) is 30.3 Å². The van der Waals surface area contributed by atoms with E-state index in [9.17, 15) is 4.79 Å². The topological polar surface area (TPSA) is 54.0 Å². The fourth-order valence-electron chi connectivity index (χ4n) is 1.97. The Kier molecular flexibility index (Phi) is 5.33. The number of rotatable bonds is 5. The molecule has 1 atom stereocenters. The van der Waals surface area contributed by atoms with Crippen LogP contribution in [0.3, 0.4) is 0 Å². The van der Waals surface area contributed by atoms with Crippen LogP contribution < -0.4 is 10.6 Å². The zero-order chi connectivity index (χ0) is 13.9. The van der Waals surface area contributed by atoms with Crippen molar-refractivity contribution < 1.29 is 4.79 Å². The SMILES string of the molecule is CC(NC1CC1)C(=O)Nc1nc(-c2ccccc2)cs1.Cl. The van der Waals surface area contributed by atoms with Crippen LogP contribution in [-0.4, -0.2) is 23.0 Å². The lowest BCUT2D eigenvalue weighted by Crippen LogP contribution is -2.39. The molecule has 21 heavy (non-hydrogen) atoms. The van der Waals surface area contributed by atoms with Crippen LogP contribution in [-0.2, 0) is 4.79 Å². The number of carbonyl (C=O) groups excluding carboxylic acids is 1. The highest BCUT2D eigenvalue weighted by Crippen LogP contribution is 2.25. The number of hydrogen-bond acceptors (Lipinski definition) is 4. The van der Waals surface area contributed by atoms with Crippen LogP contribution >= 0.6 is 23.7 Å². The fraction of sp³-hybridized carbons (Fsp3) is 0.333. The van der Waals surface area contributed by atoms with E-state index < -0.39 is 0 Å². The normalized spacial score (nSPS) is 15.1. The average Bonchev–Trinajstić information content (AvgIpc) is 3.16. The predicted molar refractivity (Wildman–Crippen MR) is 89.0 cm³/mol. The first-order chi connectivity index (χ1) is 9.72. The summed E-state index contributed by atoms with van der Waals surface area (Å²) in [6.07, 6.45) is 2.35. The Morgan fingerprint density at radius 3 is 2.71 bits per heavy atom. The molecule has 1 fully saturated rings. The molecular formula is C15H18ClN3OS. The molecule has 0 radical (unpaired) electrons. The third-order valence-corrected chi connectivity index (χ3v) is 4.02. The molecule has 1 heterocycles. The summed E-state index contributed by atoms with van der Waals surface area (Å²) in [5, 5.41) is 8.76. The standard InChI is InChI=1S/C15H17N3OS.ClH/c1-10(16-12-7-8-12)14(19)18-15-17-13(9-20-15)11-5-3-2-4-6-11;/h2-6,9-10,12,16H,7-8H2,1H3,(H,17,18,19);1H. The van der Waals surface area contributed by atoms with Crippen LogP contribution in [0.25, 0.3) is 11.3 Å². The minimum absolute atomic E-state index is 0. The molecule has 1 unspecified atom stereocenters. The van der Waals surface area contributed by atoms with Crippen molar-refractivity contribution in [3.63, 3.8) is 0 Å². The molecule has 1 aliphatic carbocycles. The Balaban J connectivity index is 0.00000161. The highest BCUT2D eigenvalue weighted by atomic mass is 35.5. The van der Waals surface area contributed by atoms with Gasteiger partial charge in [0.05, 0.1) is 11.7 Å². The molecule has 6 heteroatoms. The zero-order valence-corrected chi connectivity index (χ0v) is 13.3. The maximum absolute atomic E-state index is 12.0. The van der Waals surface area contributed by atoms with Gasteiger partial charge in [-0.05, 0) is 19.8 Å². The molecule has 3 rings (SSSR count). The van der Waals surface area contributed by atoms with Gasteiger partial charge in [-0.15, -0.1) is 23.7 Å². The summed E-state index contributed by atoms with van der Waals surface area (Å²) in [6, 6.07) is 10.3. The van der Waals surface area contributed by atoms with Crippen LogP contribution in [0.1, 0.15) is 19.8 Å². The number of amides is 1. The molecule has 1 aromatic carbocycles. The van der Waals surface area contributed by atoms with E-state index in [1.807, 2.05) is 42.6 Å². The van der Waals surface area contributed by atoms with Gasteiger partial charge in [0.15, 0.2) is 5.13 Å². The van der Waals surface area contributed by atoms with Gasteiger partial charge in [-0.3, -0.25) is 4.79 Å². The van der Waals surface area contributed by atoms with Crippen molar-refractivity contribution in [1.29, 1.82) is 0 Å². The highest BCUT2D eigenvalue weighted by molar-refractivity contribution is 7.14. The van der Waals surface area contributed by atoms with E-state index in [4.69, 9.17) is 0 Å². The number of thiazole rings is 1. The molecule has 4 nitrogen and oxygen atoms in total. The molecule has 1 amide bonds. The Morgan fingerprint density at radius 2 is 2.05 bits per heavy atom. The summed E-state index contributed by atoms with van der Waals surface area (Å²) >= 11 is 1.45. The minimum atomic E-state index is -0.174. The lowest BCUT2D eigenvalue weighted by molar-refractivity contribution is -0.117. The van der Waals surface area contributed by atoms with Crippen molar-refractivity contribution >= 4 is 34.8 Å². The average molecular weight is 324 g/mol. The number of nitrogens with one attached hydrogen (secondary N) is 2. The van der Waals surface area contributed by atoms with Crippen molar-refractivity contribution in [1.82, 2.24) is 10.3 Å². The third kappa shape index (κ3) is 4.27. The van der Waals surface area contributed by atoms with E-state index >= 15 is 0 Å². The van der Waals surface area contributed by atoms with Gasteiger partial charge in [-0.2, -0.15) is 0 Å². The second kappa shape index (κ2) is 7.02. The summed E-state index contributed by atoms with van der Waals surface area (Å²) < 4.78 is 0. The Bertz CT molecular complexity index is 598. The number of halogens is 1. The molecule has 0 saturated heterocycles. The van der Waals surface area contributed by atoms with Gasteiger partial charge in [0.25, 0.3) is 0 Å². The van der Waals surface area contributed by atoms with E-state index in [1.54, 1.807) is 0 Å². The maximum Gasteiger partial charge on any atom is 0.243 e. The van der Waals surface area contributed by atoms with Crippen molar-refractivity contribution in [3.05, 3.63) is 35.7 Å². The van der Waals surface area contributed by atoms with Gasteiger partial charge in [-0.25, -0.2) is 4.98 Å². The van der Waals surface area contributed by atoms with E-state index in [2.05, 4.69) is 15.6 Å². The largest absolute Gasteiger partial charge is 0.303 e. The fourth-order valence-corrected chi connectivity index (χ4v) is 2.69. The van der Waals surface area contributed by atoms with E-state index in [0.29, 0.717) is 11.2 Å². The molecular weight excluding hydrogens is 306 g/mol. The molecule has 2 N–H and O–H groups in total. The molecule has 0 spiro atoms. The van der Waals surface area contributed by atoms with Crippen molar-refractivity contribution in [2.24, 2.45) is 0 Å². The number of hydrogen-bond donors (Lipinski definition) is 2. The number of anilines is 1. The maximum atomic E-state index is 12.0. The molecule has 1 saturated carbocycles. The van der Waals surface area contributed by atoms with Crippen LogP contribution in [0.5, 0.6) is 0 Å². The number of nitrogens with zero attached hydrogens (tertiary/aromatic N) is 1. The zero-order valence-electron chi connectivity index (χ0n) is 11.7. The van der Waals surface area contributed by atoms with E-state index in [-0.39, 0.29) is 24.4 Å². The van der Waals surface area contributed by atoms with Gasteiger partial charge in [0.1, 0.15) is 0 Å². The van der Waals surface area contributed by atoms with Crippen LogP contribution in [0, 0.1) is 0 Å². The molecule has 1 aromatic heterocycles. The van der Waals surface area contributed by atoms with Crippen LogP contribution in [0.4, 0.5) is 5.13 Å². The monoisotopic (exact) mass is 323 g/mol. The Labute approximate surface area is 134 Å². The van der Waals surface area contributed by atoms with Crippen molar-refractivity contribution in [2.45, 2.75) is 31.8 Å². The van der Waals surface area contributed by atoms with Gasteiger partial charge < -0.3 is 10.6 Å². The molecule has 0 aliphatic heterocycles. The lowest BCUT2D eigenvalue weighted by Gasteiger charge is -2.11.